The highest BCUT2D eigenvalue weighted by Gasteiger charge is 2.51. The summed E-state index contributed by atoms with van der Waals surface area (Å²) in [6, 6.07) is 6.61. The second-order valence-corrected chi connectivity index (χ2v) is 9.64. The lowest BCUT2D eigenvalue weighted by atomic mass is 9.80. The van der Waals surface area contributed by atoms with Gasteiger partial charge in [0.1, 0.15) is 6.10 Å². The first kappa shape index (κ1) is 21.4. The number of nitrogens with one attached hydrogen (secondary N) is 1. The molecule has 0 aromatic heterocycles. The summed E-state index contributed by atoms with van der Waals surface area (Å²) in [6.45, 7) is 0.945. The fraction of sp³-hybridized carbons (Fsp3) is 0.550. The minimum Gasteiger partial charge on any atom is -0.390 e. The number of rotatable bonds is 3. The fourth-order valence-electron chi connectivity index (χ4n) is 4.37. The van der Waals surface area contributed by atoms with Crippen molar-refractivity contribution in [1.29, 1.82) is 0 Å². The van der Waals surface area contributed by atoms with Gasteiger partial charge in [-0.1, -0.05) is 23.4 Å². The molecule has 162 valence electrons. The summed E-state index contributed by atoms with van der Waals surface area (Å²) < 4.78 is 0. The number of aliphatic imine (C=N–C) groups is 1. The molecular weight excluding hydrogens is 428 g/mol. The predicted molar refractivity (Wildman–Crippen MR) is 116 cm³/mol. The van der Waals surface area contributed by atoms with Crippen LogP contribution < -0.4 is 11.1 Å². The van der Waals surface area contributed by atoms with Gasteiger partial charge in [-0.05, 0) is 43.5 Å². The number of primary amides is 1. The van der Waals surface area contributed by atoms with Crippen LogP contribution in [0.2, 0.25) is 5.02 Å². The minimum absolute atomic E-state index is 0.0608. The van der Waals surface area contributed by atoms with E-state index in [2.05, 4.69) is 10.3 Å². The lowest BCUT2D eigenvalue weighted by Crippen LogP contribution is -2.55. The van der Waals surface area contributed by atoms with E-state index in [-0.39, 0.29) is 29.4 Å². The number of hydrogen-bond donors (Lipinski definition) is 4. The Kier molecular flexibility index (Phi) is 6.24. The molecule has 2 amide bonds. The number of carbonyl (C=O) groups excluding carboxylic acids is 2. The Morgan fingerprint density at radius 3 is 2.50 bits per heavy atom. The number of aliphatic hydroxyl groups is 2. The van der Waals surface area contributed by atoms with Gasteiger partial charge in [-0.3, -0.25) is 14.6 Å². The van der Waals surface area contributed by atoms with Gasteiger partial charge >= 0.3 is 0 Å². The zero-order valence-corrected chi connectivity index (χ0v) is 17.9. The number of aliphatic hydroxyl groups excluding tert-OH is 2. The van der Waals surface area contributed by atoms with Gasteiger partial charge in [0.05, 0.1) is 18.1 Å². The standard InChI is InChI=1S/C20H25ClN4O4S/c21-11-1-3-12(4-2-11)23-20-24-15-16(27)14(26)9-13(17(15)30-20)19(29)25-7-5-10(6-8-25)18(22)28/h1-4,10,13-17,26-27H,5-9H2,(H2,22,28)(H,23,24). The summed E-state index contributed by atoms with van der Waals surface area (Å²) in [6.07, 6.45) is -0.729. The number of amidine groups is 1. The lowest BCUT2D eigenvalue weighted by molar-refractivity contribution is -0.142. The molecule has 30 heavy (non-hydrogen) atoms. The first-order valence-corrected chi connectivity index (χ1v) is 11.3. The fourth-order valence-corrected chi connectivity index (χ4v) is 5.86. The average molecular weight is 453 g/mol. The van der Waals surface area contributed by atoms with Crippen molar-refractivity contribution in [1.82, 2.24) is 4.90 Å². The molecule has 1 aromatic rings. The van der Waals surface area contributed by atoms with Gasteiger partial charge in [0.25, 0.3) is 0 Å². The third-order valence-electron chi connectivity index (χ3n) is 6.11. The van der Waals surface area contributed by atoms with Crippen molar-refractivity contribution in [2.45, 2.75) is 42.8 Å². The monoisotopic (exact) mass is 452 g/mol. The van der Waals surface area contributed by atoms with Crippen LogP contribution in [-0.2, 0) is 9.59 Å². The van der Waals surface area contributed by atoms with Gasteiger partial charge in [-0.15, -0.1) is 0 Å². The molecule has 4 rings (SSSR count). The number of nitrogens with zero attached hydrogens (tertiary/aromatic N) is 2. The highest BCUT2D eigenvalue weighted by molar-refractivity contribution is 8.15. The lowest BCUT2D eigenvalue weighted by Gasteiger charge is -2.40. The molecule has 2 fully saturated rings. The van der Waals surface area contributed by atoms with Gasteiger partial charge in [-0.2, -0.15) is 0 Å². The second kappa shape index (κ2) is 8.74. The van der Waals surface area contributed by atoms with Crippen LogP contribution >= 0.6 is 23.4 Å². The molecule has 8 nitrogen and oxygen atoms in total. The van der Waals surface area contributed by atoms with Crippen molar-refractivity contribution in [3.05, 3.63) is 29.3 Å². The van der Waals surface area contributed by atoms with Crippen molar-refractivity contribution in [3.63, 3.8) is 0 Å². The highest BCUT2D eigenvalue weighted by atomic mass is 35.5. The van der Waals surface area contributed by atoms with E-state index in [0.29, 0.717) is 36.1 Å². The summed E-state index contributed by atoms with van der Waals surface area (Å²) >= 11 is 7.34. The molecule has 10 heteroatoms. The zero-order valence-electron chi connectivity index (χ0n) is 16.3. The van der Waals surface area contributed by atoms with Crippen LogP contribution in [0.4, 0.5) is 5.69 Å². The van der Waals surface area contributed by atoms with E-state index in [1.54, 1.807) is 17.0 Å². The molecule has 0 spiro atoms. The third-order valence-corrected chi connectivity index (χ3v) is 7.67. The van der Waals surface area contributed by atoms with Crippen molar-refractivity contribution in [3.8, 4) is 0 Å². The third kappa shape index (κ3) is 4.30. The molecule has 1 saturated heterocycles. The predicted octanol–water partition coefficient (Wildman–Crippen LogP) is 1.06. The van der Waals surface area contributed by atoms with Crippen LogP contribution in [0.15, 0.2) is 29.3 Å². The smallest absolute Gasteiger partial charge is 0.227 e. The number of nitrogens with two attached hydrogens (primary N) is 1. The second-order valence-electron chi connectivity index (χ2n) is 8.04. The normalized spacial score (nSPS) is 31.8. The molecular formula is C20H25ClN4O4S. The number of hydrogen-bond acceptors (Lipinski definition) is 7. The van der Waals surface area contributed by atoms with Crippen molar-refractivity contribution in [2.75, 3.05) is 18.4 Å². The highest BCUT2D eigenvalue weighted by Crippen LogP contribution is 2.42. The largest absolute Gasteiger partial charge is 0.390 e. The van der Waals surface area contributed by atoms with E-state index in [1.807, 2.05) is 12.1 Å². The van der Waals surface area contributed by atoms with E-state index >= 15 is 0 Å². The first-order valence-electron chi connectivity index (χ1n) is 10.0. The molecule has 5 unspecified atom stereocenters. The maximum absolute atomic E-state index is 13.2. The number of thioether (sulfide) groups is 1. The number of carbonyl (C=O) groups is 2. The molecule has 5 atom stereocenters. The van der Waals surface area contributed by atoms with Gasteiger partial charge in [0.15, 0.2) is 5.17 Å². The summed E-state index contributed by atoms with van der Waals surface area (Å²) in [7, 11) is 0. The van der Waals surface area contributed by atoms with E-state index in [9.17, 15) is 19.8 Å². The summed E-state index contributed by atoms with van der Waals surface area (Å²) in [4.78, 5) is 30.9. The number of fused-ring (bicyclic) bond motifs is 1. The van der Waals surface area contributed by atoms with Crippen molar-refractivity contribution in [2.24, 2.45) is 22.6 Å². The van der Waals surface area contributed by atoms with E-state index in [1.165, 1.54) is 11.8 Å². The van der Waals surface area contributed by atoms with E-state index in [4.69, 9.17) is 17.3 Å². The van der Waals surface area contributed by atoms with Crippen LogP contribution in [-0.4, -0.2) is 68.7 Å². The van der Waals surface area contributed by atoms with Crippen LogP contribution in [0.3, 0.4) is 0 Å². The van der Waals surface area contributed by atoms with Crippen molar-refractivity contribution < 1.29 is 19.8 Å². The van der Waals surface area contributed by atoms with Crippen LogP contribution in [0, 0.1) is 11.8 Å². The quantitative estimate of drug-likeness (QED) is 0.542. The summed E-state index contributed by atoms with van der Waals surface area (Å²) in [5, 5.41) is 25.0. The Labute approximate surface area is 183 Å². The molecule has 0 radical (unpaired) electrons. The number of halogens is 1. The topological polar surface area (TPSA) is 128 Å². The van der Waals surface area contributed by atoms with Gasteiger partial charge in [-0.25, -0.2) is 0 Å². The molecule has 1 aliphatic carbocycles. The minimum atomic E-state index is -1.02. The number of amides is 2. The number of piperidine rings is 1. The molecule has 3 aliphatic rings. The molecule has 1 saturated carbocycles. The number of likely N-dealkylation sites (tertiary alicyclic amines) is 1. The maximum atomic E-state index is 13.2. The van der Waals surface area contributed by atoms with Gasteiger partial charge in [0, 0.05) is 35.0 Å². The number of anilines is 1. The molecule has 0 bridgehead atoms. The van der Waals surface area contributed by atoms with Gasteiger partial charge in [0.2, 0.25) is 11.8 Å². The van der Waals surface area contributed by atoms with Crippen LogP contribution in [0.25, 0.3) is 0 Å². The Hall–Kier alpha value is -1.81. The van der Waals surface area contributed by atoms with Crippen LogP contribution in [0.1, 0.15) is 19.3 Å². The number of benzene rings is 1. The first-order chi connectivity index (χ1) is 14.3. The average Bonchev–Trinajstić information content (AvgIpc) is 3.16. The maximum Gasteiger partial charge on any atom is 0.227 e. The Balaban J connectivity index is 1.46. The Morgan fingerprint density at radius 2 is 1.87 bits per heavy atom. The Bertz CT molecular complexity index is 844. The molecule has 2 heterocycles. The van der Waals surface area contributed by atoms with Crippen molar-refractivity contribution >= 4 is 46.0 Å². The van der Waals surface area contributed by atoms with E-state index < -0.39 is 24.2 Å². The van der Waals surface area contributed by atoms with E-state index in [0.717, 1.165) is 5.69 Å². The SMILES string of the molecule is NC(=O)C1CCN(C(=O)C2CC(O)C(O)C3N=C(Nc4ccc(Cl)cc4)SC23)CC1. The Morgan fingerprint density at radius 1 is 1.20 bits per heavy atom. The molecule has 1 aromatic carbocycles. The molecule has 5 N–H and O–H groups in total. The summed E-state index contributed by atoms with van der Waals surface area (Å²) in [5.41, 5.74) is 6.19. The summed E-state index contributed by atoms with van der Waals surface area (Å²) in [5.74, 6) is -1.04. The zero-order chi connectivity index (χ0) is 21.4. The molecule has 2 aliphatic heterocycles. The van der Waals surface area contributed by atoms with Gasteiger partial charge < -0.3 is 26.2 Å². The van der Waals surface area contributed by atoms with Crippen LogP contribution in [0.5, 0.6) is 0 Å².